The highest BCUT2D eigenvalue weighted by molar-refractivity contribution is 6.43. The molecule has 2 rings (SSSR count). The van der Waals surface area contributed by atoms with E-state index in [0.29, 0.717) is 6.42 Å². The van der Waals surface area contributed by atoms with E-state index in [1.165, 1.54) is 6.92 Å². The molecule has 3 unspecified atom stereocenters. The van der Waals surface area contributed by atoms with Crippen LogP contribution in [-0.2, 0) is 19.1 Å². The van der Waals surface area contributed by atoms with Gasteiger partial charge < -0.3 is 4.74 Å². The lowest BCUT2D eigenvalue weighted by Gasteiger charge is -2.30. The Hall–Kier alpha value is -1.19. The van der Waals surface area contributed by atoms with Gasteiger partial charge in [-0.05, 0) is 11.8 Å². The second-order valence-corrected chi connectivity index (χ2v) is 5.58. The van der Waals surface area contributed by atoms with Crippen LogP contribution in [0.25, 0.3) is 0 Å². The van der Waals surface area contributed by atoms with Crippen molar-refractivity contribution in [3.05, 3.63) is 0 Å². The third-order valence-electron chi connectivity index (χ3n) is 4.51. The van der Waals surface area contributed by atoms with Crippen LogP contribution in [0.3, 0.4) is 0 Å². The normalized spacial score (nSPS) is 40.2. The van der Waals surface area contributed by atoms with E-state index in [1.54, 1.807) is 6.92 Å². The minimum atomic E-state index is -0.672. The Morgan fingerprint density at radius 3 is 2.25 bits per heavy atom. The number of ketones is 2. The van der Waals surface area contributed by atoms with Gasteiger partial charge in [0.05, 0.1) is 5.92 Å². The molecule has 2 saturated carbocycles. The molecule has 0 saturated heterocycles. The van der Waals surface area contributed by atoms with Crippen molar-refractivity contribution in [2.24, 2.45) is 16.7 Å². The third-order valence-corrected chi connectivity index (χ3v) is 4.51. The van der Waals surface area contributed by atoms with E-state index in [0.717, 1.165) is 0 Å². The van der Waals surface area contributed by atoms with Gasteiger partial charge in [-0.1, -0.05) is 20.8 Å². The van der Waals surface area contributed by atoms with Crippen molar-refractivity contribution in [1.82, 2.24) is 0 Å². The second-order valence-electron chi connectivity index (χ2n) is 5.58. The van der Waals surface area contributed by atoms with Gasteiger partial charge in [0.15, 0.2) is 0 Å². The zero-order chi connectivity index (χ0) is 12.3. The molecule has 16 heavy (non-hydrogen) atoms. The van der Waals surface area contributed by atoms with Crippen LogP contribution in [-0.4, -0.2) is 23.6 Å². The number of esters is 1. The summed E-state index contributed by atoms with van der Waals surface area (Å²) in [5.41, 5.74) is -1.09. The van der Waals surface area contributed by atoms with Crippen LogP contribution in [0.5, 0.6) is 0 Å². The van der Waals surface area contributed by atoms with Gasteiger partial charge >= 0.3 is 5.97 Å². The van der Waals surface area contributed by atoms with Crippen molar-refractivity contribution < 1.29 is 19.1 Å². The third kappa shape index (κ3) is 1.07. The summed E-state index contributed by atoms with van der Waals surface area (Å²) in [6.07, 6.45) is 0.0390. The highest BCUT2D eigenvalue weighted by Crippen LogP contribution is 2.62. The first-order valence-corrected chi connectivity index (χ1v) is 5.47. The van der Waals surface area contributed by atoms with E-state index in [2.05, 4.69) is 0 Å². The molecule has 2 aliphatic carbocycles. The molecule has 0 N–H and O–H groups in total. The number of carbonyl (C=O) groups is 3. The summed E-state index contributed by atoms with van der Waals surface area (Å²) in [6, 6.07) is 0. The van der Waals surface area contributed by atoms with Crippen molar-refractivity contribution in [3.63, 3.8) is 0 Å². The maximum atomic E-state index is 11.8. The Morgan fingerprint density at radius 1 is 1.31 bits per heavy atom. The van der Waals surface area contributed by atoms with Gasteiger partial charge in [-0.3, -0.25) is 14.4 Å². The molecule has 88 valence electrons. The van der Waals surface area contributed by atoms with Gasteiger partial charge in [0.1, 0.15) is 6.10 Å². The molecular weight excluding hydrogens is 208 g/mol. The highest BCUT2D eigenvalue weighted by atomic mass is 16.5. The van der Waals surface area contributed by atoms with E-state index in [1.807, 2.05) is 13.8 Å². The van der Waals surface area contributed by atoms with Crippen LogP contribution in [0.15, 0.2) is 0 Å². The molecule has 0 aliphatic heterocycles. The molecule has 0 spiro atoms. The molecule has 4 nitrogen and oxygen atoms in total. The fourth-order valence-corrected chi connectivity index (χ4v) is 3.21. The average Bonchev–Trinajstić information content (AvgIpc) is 2.37. The van der Waals surface area contributed by atoms with Crippen molar-refractivity contribution in [2.75, 3.05) is 0 Å². The van der Waals surface area contributed by atoms with Crippen molar-refractivity contribution in [3.8, 4) is 0 Å². The zero-order valence-corrected chi connectivity index (χ0v) is 9.99. The van der Waals surface area contributed by atoms with Gasteiger partial charge in [0.2, 0.25) is 11.6 Å². The van der Waals surface area contributed by atoms with E-state index in [9.17, 15) is 14.4 Å². The number of Topliss-reactive ketones (excluding diaryl/α,β-unsaturated/α-hetero) is 2. The largest absolute Gasteiger partial charge is 0.462 e. The van der Waals surface area contributed by atoms with Crippen LogP contribution < -0.4 is 0 Å². The first-order valence-electron chi connectivity index (χ1n) is 5.47. The van der Waals surface area contributed by atoms with E-state index < -0.39 is 28.8 Å². The molecule has 0 aromatic rings. The zero-order valence-electron chi connectivity index (χ0n) is 9.99. The maximum Gasteiger partial charge on any atom is 0.302 e. The Labute approximate surface area is 94.3 Å². The lowest BCUT2D eigenvalue weighted by Crippen LogP contribution is -2.38. The number of rotatable bonds is 1. The van der Waals surface area contributed by atoms with Gasteiger partial charge in [-0.15, -0.1) is 0 Å². The molecule has 4 heteroatoms. The van der Waals surface area contributed by atoms with Crippen LogP contribution in [0, 0.1) is 16.7 Å². The molecule has 2 aliphatic rings. The Bertz CT molecular complexity index is 396. The van der Waals surface area contributed by atoms with Gasteiger partial charge in [0.25, 0.3) is 0 Å². The van der Waals surface area contributed by atoms with Crippen LogP contribution in [0.2, 0.25) is 0 Å². The summed E-state index contributed by atoms with van der Waals surface area (Å²) >= 11 is 0. The number of ether oxygens (including phenoxy) is 1. The van der Waals surface area contributed by atoms with Crippen LogP contribution >= 0.6 is 0 Å². The predicted molar refractivity (Wildman–Crippen MR) is 55.6 cm³/mol. The predicted octanol–water partition coefficient (Wildman–Crippen LogP) is 1.12. The molecule has 0 amide bonds. The fourth-order valence-electron chi connectivity index (χ4n) is 3.21. The molecule has 0 aromatic heterocycles. The topological polar surface area (TPSA) is 60.4 Å². The van der Waals surface area contributed by atoms with Gasteiger partial charge in [-0.25, -0.2) is 0 Å². The van der Waals surface area contributed by atoms with E-state index in [-0.39, 0.29) is 11.6 Å². The molecule has 2 fully saturated rings. The lowest BCUT2D eigenvalue weighted by molar-refractivity contribution is -0.155. The molecule has 3 atom stereocenters. The summed E-state index contributed by atoms with van der Waals surface area (Å²) in [6.45, 7) is 6.94. The van der Waals surface area contributed by atoms with Gasteiger partial charge in [0, 0.05) is 12.3 Å². The standard InChI is InChI=1S/C12H16O4/c1-6(13)16-7-5-12(4)10(15)9(14)8(7)11(12,2)3/h7-8H,5H2,1-4H3. The number of hydrogen-bond donors (Lipinski definition) is 0. The summed E-state index contributed by atoms with van der Waals surface area (Å²) in [4.78, 5) is 34.6. The van der Waals surface area contributed by atoms with Crippen molar-refractivity contribution in [2.45, 2.75) is 40.2 Å². The monoisotopic (exact) mass is 224 g/mol. The van der Waals surface area contributed by atoms with Gasteiger partial charge in [-0.2, -0.15) is 0 Å². The van der Waals surface area contributed by atoms with E-state index >= 15 is 0 Å². The number of carbonyl (C=O) groups excluding carboxylic acids is 3. The quantitative estimate of drug-likeness (QED) is 0.494. The summed E-state index contributed by atoms with van der Waals surface area (Å²) in [5, 5.41) is 0. The number of fused-ring (bicyclic) bond motifs is 2. The van der Waals surface area contributed by atoms with E-state index in [4.69, 9.17) is 4.74 Å². The first-order chi connectivity index (χ1) is 7.22. The summed E-state index contributed by atoms with van der Waals surface area (Å²) < 4.78 is 5.15. The molecule has 0 heterocycles. The lowest BCUT2D eigenvalue weighted by atomic mass is 9.70. The van der Waals surface area contributed by atoms with Crippen LogP contribution in [0.4, 0.5) is 0 Å². The summed E-state index contributed by atoms with van der Waals surface area (Å²) in [5.74, 6) is -1.53. The minimum Gasteiger partial charge on any atom is -0.462 e. The first kappa shape index (κ1) is 11.3. The highest BCUT2D eigenvalue weighted by Gasteiger charge is 2.71. The Balaban J connectivity index is 2.40. The molecule has 2 bridgehead atoms. The van der Waals surface area contributed by atoms with Crippen LogP contribution in [0.1, 0.15) is 34.1 Å². The van der Waals surface area contributed by atoms with Crippen molar-refractivity contribution >= 4 is 17.5 Å². The Morgan fingerprint density at radius 2 is 1.88 bits per heavy atom. The Kier molecular flexibility index (Phi) is 2.07. The smallest absolute Gasteiger partial charge is 0.302 e. The maximum absolute atomic E-state index is 11.8. The molecular formula is C12H16O4. The SMILES string of the molecule is CC(=O)OC1CC2(C)C(=O)C(=O)C1C2(C)C. The minimum absolute atomic E-state index is 0.300. The van der Waals surface area contributed by atoms with Crippen molar-refractivity contribution in [1.29, 1.82) is 0 Å². The molecule has 0 aromatic carbocycles. The molecule has 0 radical (unpaired) electrons. The average molecular weight is 224 g/mol. The second kappa shape index (κ2) is 2.93. The number of hydrogen-bond acceptors (Lipinski definition) is 4. The fraction of sp³-hybridized carbons (Fsp3) is 0.750. The summed E-state index contributed by atoms with van der Waals surface area (Å²) in [7, 11) is 0.